The highest BCUT2D eigenvalue weighted by Crippen LogP contribution is 2.17. The van der Waals surface area contributed by atoms with Crippen LogP contribution in [0.25, 0.3) is 11.4 Å². The molecular formula is C11H8F3N3O. The zero-order chi connectivity index (χ0) is 13.1. The summed E-state index contributed by atoms with van der Waals surface area (Å²) < 4.78 is 40.9. The van der Waals surface area contributed by atoms with E-state index in [4.69, 9.17) is 0 Å². The Balaban J connectivity index is 2.25. The first-order valence-electron chi connectivity index (χ1n) is 4.96. The molecule has 0 aliphatic carbocycles. The largest absolute Gasteiger partial charge is 0.415 e. The summed E-state index contributed by atoms with van der Waals surface area (Å²) in [6.45, 7) is -1.43. The number of alkyl halides is 2. The fraction of sp³-hybridized carbons (Fsp3) is 0.182. The van der Waals surface area contributed by atoms with Crippen molar-refractivity contribution in [2.24, 2.45) is 0 Å². The van der Waals surface area contributed by atoms with Gasteiger partial charge in [-0.15, -0.1) is 0 Å². The number of pyridine rings is 1. The number of halogens is 3. The zero-order valence-electron chi connectivity index (χ0n) is 9.27. The highest BCUT2D eigenvalue weighted by molar-refractivity contribution is 5.52. The predicted octanol–water partition coefficient (Wildman–Crippen LogP) is 2.59. The van der Waals surface area contributed by atoms with E-state index in [2.05, 4.69) is 19.7 Å². The second kappa shape index (κ2) is 4.99. The Bertz CT molecular complexity index is 546. The van der Waals surface area contributed by atoms with E-state index in [0.29, 0.717) is 11.4 Å². The molecule has 0 aliphatic rings. The molecule has 4 nitrogen and oxygen atoms in total. The van der Waals surface area contributed by atoms with Crippen molar-refractivity contribution in [2.45, 2.75) is 13.5 Å². The summed E-state index contributed by atoms with van der Waals surface area (Å²) in [6.07, 6.45) is 2.29. The van der Waals surface area contributed by atoms with E-state index < -0.39 is 12.4 Å². The molecule has 2 heterocycles. The van der Waals surface area contributed by atoms with Crippen LogP contribution in [0.3, 0.4) is 0 Å². The number of nitrogens with zero attached hydrogens (tertiary/aromatic N) is 3. The topological polar surface area (TPSA) is 47.9 Å². The van der Waals surface area contributed by atoms with Gasteiger partial charge in [0, 0.05) is 0 Å². The molecule has 0 bridgehead atoms. The Hall–Kier alpha value is -2.18. The summed E-state index contributed by atoms with van der Waals surface area (Å²) in [6, 6.07) is 2.68. The molecule has 0 fully saturated rings. The average Bonchev–Trinajstić information content (AvgIpc) is 2.33. The lowest BCUT2D eigenvalue weighted by atomic mass is 10.2. The molecule has 7 heteroatoms. The van der Waals surface area contributed by atoms with Gasteiger partial charge in [-0.05, 0) is 19.1 Å². The predicted molar refractivity (Wildman–Crippen MR) is 56.6 cm³/mol. The van der Waals surface area contributed by atoms with Crippen LogP contribution in [0.15, 0.2) is 24.5 Å². The molecule has 2 rings (SSSR count). The molecule has 0 aliphatic heterocycles. The zero-order valence-corrected chi connectivity index (χ0v) is 9.27. The second-order valence-corrected chi connectivity index (χ2v) is 3.38. The number of hydrogen-bond donors (Lipinski definition) is 0. The van der Waals surface area contributed by atoms with E-state index in [1.54, 1.807) is 0 Å². The van der Waals surface area contributed by atoms with Crippen LogP contribution < -0.4 is 4.74 Å². The lowest BCUT2D eigenvalue weighted by molar-refractivity contribution is -0.0530. The van der Waals surface area contributed by atoms with E-state index in [1.165, 1.54) is 25.3 Å². The highest BCUT2D eigenvalue weighted by atomic mass is 19.3. The lowest BCUT2D eigenvalue weighted by Gasteiger charge is -2.04. The maximum atomic E-state index is 13.0. The minimum absolute atomic E-state index is 0.224. The van der Waals surface area contributed by atoms with Gasteiger partial charge in [-0.2, -0.15) is 8.78 Å². The van der Waals surface area contributed by atoms with Crippen LogP contribution in [-0.2, 0) is 0 Å². The van der Waals surface area contributed by atoms with Crippen molar-refractivity contribution in [2.75, 3.05) is 0 Å². The van der Waals surface area contributed by atoms with Gasteiger partial charge in [-0.25, -0.2) is 19.3 Å². The fourth-order valence-corrected chi connectivity index (χ4v) is 1.29. The Labute approximate surface area is 100 Å². The third-order valence-corrected chi connectivity index (χ3v) is 2.12. The molecule has 94 valence electrons. The van der Waals surface area contributed by atoms with E-state index in [0.717, 1.165) is 6.20 Å². The van der Waals surface area contributed by atoms with Crippen LogP contribution in [0.5, 0.6) is 5.88 Å². The summed E-state index contributed by atoms with van der Waals surface area (Å²) in [4.78, 5) is 11.5. The van der Waals surface area contributed by atoms with E-state index >= 15 is 0 Å². The van der Waals surface area contributed by atoms with Gasteiger partial charge in [0.2, 0.25) is 5.88 Å². The molecule has 2 aromatic rings. The first kappa shape index (κ1) is 12.3. The maximum Gasteiger partial charge on any atom is 0.388 e. The number of ether oxygens (including phenoxy) is 1. The molecule has 0 atom stereocenters. The average molecular weight is 255 g/mol. The molecule has 0 spiro atoms. The van der Waals surface area contributed by atoms with Gasteiger partial charge in [0.25, 0.3) is 0 Å². The van der Waals surface area contributed by atoms with E-state index in [9.17, 15) is 13.2 Å². The molecule has 0 N–H and O–H groups in total. The van der Waals surface area contributed by atoms with Crippen LogP contribution in [0.1, 0.15) is 5.69 Å². The third kappa shape index (κ3) is 2.73. The molecule has 2 aromatic heterocycles. The van der Waals surface area contributed by atoms with Crippen molar-refractivity contribution in [3.05, 3.63) is 36.0 Å². The smallest absolute Gasteiger partial charge is 0.388 e. The summed E-state index contributed by atoms with van der Waals surface area (Å²) in [5.41, 5.74) is 0.979. The standard InChI is InChI=1S/C11H8F3N3O/c1-6-7(12)2-3-8(17-6)9-4-16-10(5-15-9)18-11(13)14/h2-5,11H,1H3. The van der Waals surface area contributed by atoms with Crippen LogP contribution in [0, 0.1) is 12.7 Å². The summed E-state index contributed by atoms with van der Waals surface area (Å²) in [7, 11) is 0. The minimum Gasteiger partial charge on any atom is -0.415 e. The Morgan fingerprint density at radius 3 is 2.44 bits per heavy atom. The normalized spacial score (nSPS) is 10.7. The molecule has 18 heavy (non-hydrogen) atoms. The van der Waals surface area contributed by atoms with Gasteiger partial charge in [0.05, 0.1) is 23.8 Å². The summed E-state index contributed by atoms with van der Waals surface area (Å²) >= 11 is 0. The summed E-state index contributed by atoms with van der Waals surface area (Å²) in [5, 5.41) is 0. The Morgan fingerprint density at radius 1 is 1.11 bits per heavy atom. The molecule has 0 amide bonds. The van der Waals surface area contributed by atoms with E-state index in [-0.39, 0.29) is 11.6 Å². The molecule has 0 saturated carbocycles. The van der Waals surface area contributed by atoms with Crippen LogP contribution in [0.4, 0.5) is 13.2 Å². The highest BCUT2D eigenvalue weighted by Gasteiger charge is 2.08. The van der Waals surface area contributed by atoms with Crippen LogP contribution in [-0.4, -0.2) is 21.6 Å². The molecular weight excluding hydrogens is 247 g/mol. The van der Waals surface area contributed by atoms with Gasteiger partial charge >= 0.3 is 6.61 Å². The van der Waals surface area contributed by atoms with Crippen molar-refractivity contribution in [1.29, 1.82) is 0 Å². The molecule has 0 radical (unpaired) electrons. The van der Waals surface area contributed by atoms with Crippen molar-refractivity contribution in [3.8, 4) is 17.3 Å². The summed E-state index contributed by atoms with van der Waals surface area (Å²) in [5.74, 6) is -0.711. The van der Waals surface area contributed by atoms with Gasteiger partial charge in [0.15, 0.2) is 0 Å². The van der Waals surface area contributed by atoms with Gasteiger partial charge in [-0.3, -0.25) is 0 Å². The van der Waals surface area contributed by atoms with Crippen LogP contribution in [0.2, 0.25) is 0 Å². The monoisotopic (exact) mass is 255 g/mol. The third-order valence-electron chi connectivity index (χ3n) is 2.12. The second-order valence-electron chi connectivity index (χ2n) is 3.38. The van der Waals surface area contributed by atoms with Crippen LogP contribution >= 0.6 is 0 Å². The van der Waals surface area contributed by atoms with Crippen molar-refractivity contribution >= 4 is 0 Å². The lowest BCUT2D eigenvalue weighted by Crippen LogP contribution is -2.04. The molecule has 0 aromatic carbocycles. The maximum absolute atomic E-state index is 13.0. The fourth-order valence-electron chi connectivity index (χ4n) is 1.29. The van der Waals surface area contributed by atoms with Crippen molar-refractivity contribution < 1.29 is 17.9 Å². The van der Waals surface area contributed by atoms with Crippen molar-refractivity contribution in [3.63, 3.8) is 0 Å². The first-order valence-corrected chi connectivity index (χ1v) is 4.96. The minimum atomic E-state index is -2.95. The number of rotatable bonds is 3. The SMILES string of the molecule is Cc1nc(-c2cnc(OC(F)F)cn2)ccc1F. The first-order chi connectivity index (χ1) is 8.56. The van der Waals surface area contributed by atoms with Crippen molar-refractivity contribution in [1.82, 2.24) is 15.0 Å². The van der Waals surface area contributed by atoms with Gasteiger partial charge < -0.3 is 4.74 Å². The number of aryl methyl sites for hydroxylation is 1. The number of hydrogen-bond acceptors (Lipinski definition) is 4. The van der Waals surface area contributed by atoms with Gasteiger partial charge in [0.1, 0.15) is 11.5 Å². The quantitative estimate of drug-likeness (QED) is 0.845. The van der Waals surface area contributed by atoms with Gasteiger partial charge in [-0.1, -0.05) is 0 Å². The molecule has 0 unspecified atom stereocenters. The van der Waals surface area contributed by atoms with E-state index in [1.807, 2.05) is 0 Å². The molecule has 0 saturated heterocycles. The Kier molecular flexibility index (Phi) is 3.40. The Morgan fingerprint density at radius 2 is 1.89 bits per heavy atom. The number of aromatic nitrogens is 3.